The van der Waals surface area contributed by atoms with Crippen molar-refractivity contribution in [2.75, 3.05) is 0 Å². The van der Waals surface area contributed by atoms with Crippen LogP contribution in [0.1, 0.15) is 21.5 Å². The summed E-state index contributed by atoms with van der Waals surface area (Å²) in [5.74, 6) is -0.118. The number of ketones is 1. The summed E-state index contributed by atoms with van der Waals surface area (Å²) >= 11 is 9.39. The second-order valence-corrected chi connectivity index (χ2v) is 4.91. The minimum Gasteiger partial charge on any atom is -0.288 e. The highest BCUT2D eigenvalue weighted by Gasteiger charge is 2.14. The summed E-state index contributed by atoms with van der Waals surface area (Å²) in [7, 11) is 0. The average Bonchev–Trinajstić information content (AvgIpc) is 2.32. The number of hydrogen-bond donors (Lipinski definition) is 0. The molecule has 0 saturated carbocycles. The highest BCUT2D eigenvalue weighted by Crippen LogP contribution is 2.27. The van der Waals surface area contributed by atoms with Crippen LogP contribution >= 0.6 is 27.5 Å². The van der Waals surface area contributed by atoms with E-state index in [0.29, 0.717) is 20.6 Å². The van der Waals surface area contributed by atoms with Crippen LogP contribution in [0.4, 0.5) is 0 Å². The quantitative estimate of drug-likeness (QED) is 0.784. The van der Waals surface area contributed by atoms with Crippen molar-refractivity contribution in [1.82, 2.24) is 4.98 Å². The fourth-order valence-corrected chi connectivity index (χ4v) is 2.09. The zero-order valence-corrected chi connectivity index (χ0v) is 11.4. The molecule has 0 N–H and O–H groups in total. The Labute approximate surface area is 113 Å². The Morgan fingerprint density at radius 1 is 1.35 bits per heavy atom. The molecule has 0 aliphatic carbocycles. The molecule has 0 radical (unpaired) electrons. The minimum absolute atomic E-state index is 0.118. The van der Waals surface area contributed by atoms with Gasteiger partial charge in [-0.3, -0.25) is 9.78 Å². The van der Waals surface area contributed by atoms with E-state index >= 15 is 0 Å². The lowest BCUT2D eigenvalue weighted by Gasteiger charge is -2.05. The number of nitrogens with zero attached hydrogens (tertiary/aromatic N) is 1. The number of aromatic nitrogens is 1. The highest BCUT2D eigenvalue weighted by atomic mass is 79.9. The Morgan fingerprint density at radius 2 is 2.12 bits per heavy atom. The maximum atomic E-state index is 12.2. The lowest BCUT2D eigenvalue weighted by atomic mass is 10.0. The molecule has 0 spiro atoms. The van der Waals surface area contributed by atoms with Crippen LogP contribution in [0.3, 0.4) is 0 Å². The number of benzene rings is 1. The van der Waals surface area contributed by atoms with Crippen molar-refractivity contribution in [1.29, 1.82) is 0 Å². The average molecular weight is 311 g/mol. The highest BCUT2D eigenvalue weighted by molar-refractivity contribution is 9.10. The van der Waals surface area contributed by atoms with Crippen LogP contribution < -0.4 is 0 Å². The predicted molar refractivity (Wildman–Crippen MR) is 71.6 cm³/mol. The summed E-state index contributed by atoms with van der Waals surface area (Å²) in [6, 6.07) is 7.09. The number of carbonyl (C=O) groups is 1. The van der Waals surface area contributed by atoms with Crippen molar-refractivity contribution in [3.8, 4) is 0 Å². The van der Waals surface area contributed by atoms with Gasteiger partial charge in [0.25, 0.3) is 0 Å². The molecule has 2 aromatic rings. The molecular formula is C13H9BrClNO. The van der Waals surface area contributed by atoms with E-state index in [-0.39, 0.29) is 5.78 Å². The fourth-order valence-electron chi connectivity index (χ4n) is 1.51. The first-order chi connectivity index (χ1) is 8.09. The van der Waals surface area contributed by atoms with Gasteiger partial charge in [-0.05, 0) is 46.6 Å². The summed E-state index contributed by atoms with van der Waals surface area (Å²) < 4.78 is 0.714. The van der Waals surface area contributed by atoms with Crippen LogP contribution in [-0.2, 0) is 0 Å². The molecule has 0 unspecified atom stereocenters. The topological polar surface area (TPSA) is 30.0 Å². The van der Waals surface area contributed by atoms with Crippen LogP contribution in [0.5, 0.6) is 0 Å². The van der Waals surface area contributed by atoms with E-state index in [2.05, 4.69) is 20.9 Å². The van der Waals surface area contributed by atoms with Gasteiger partial charge in [0, 0.05) is 28.0 Å². The number of rotatable bonds is 2. The normalized spacial score (nSPS) is 10.3. The number of pyridine rings is 1. The Hall–Kier alpha value is -1.19. The van der Waals surface area contributed by atoms with Crippen LogP contribution in [0.15, 0.2) is 41.1 Å². The number of carbonyl (C=O) groups excluding carboxylic acids is 1. The van der Waals surface area contributed by atoms with E-state index in [1.807, 2.05) is 6.92 Å². The lowest BCUT2D eigenvalue weighted by molar-refractivity contribution is 0.103. The van der Waals surface area contributed by atoms with Gasteiger partial charge in [0.1, 0.15) is 0 Å². The molecule has 4 heteroatoms. The standard InChI is InChI=1S/C13H9BrClNO/c1-8-5-9(7-16-6-8)13(17)10-3-2-4-11(14)12(10)15/h2-7H,1H3. The Morgan fingerprint density at radius 3 is 2.82 bits per heavy atom. The zero-order chi connectivity index (χ0) is 12.4. The van der Waals surface area contributed by atoms with Crippen LogP contribution in [0, 0.1) is 6.92 Å². The largest absolute Gasteiger partial charge is 0.288 e. The van der Waals surface area contributed by atoms with Gasteiger partial charge in [-0.1, -0.05) is 17.7 Å². The molecule has 17 heavy (non-hydrogen) atoms. The zero-order valence-electron chi connectivity index (χ0n) is 9.08. The van der Waals surface area contributed by atoms with Crippen molar-refractivity contribution in [3.63, 3.8) is 0 Å². The second-order valence-electron chi connectivity index (χ2n) is 3.68. The molecule has 0 amide bonds. The van der Waals surface area contributed by atoms with Crippen molar-refractivity contribution in [2.24, 2.45) is 0 Å². The third-order valence-corrected chi connectivity index (χ3v) is 3.63. The molecule has 0 atom stereocenters. The Balaban J connectivity index is 2.48. The molecule has 0 bridgehead atoms. The van der Waals surface area contributed by atoms with Crippen molar-refractivity contribution in [3.05, 3.63) is 62.8 Å². The summed E-state index contributed by atoms with van der Waals surface area (Å²) in [6.45, 7) is 1.90. The van der Waals surface area contributed by atoms with Gasteiger partial charge in [-0.2, -0.15) is 0 Å². The Bertz CT molecular complexity index is 583. The monoisotopic (exact) mass is 309 g/mol. The summed E-state index contributed by atoms with van der Waals surface area (Å²) in [4.78, 5) is 16.2. The first-order valence-electron chi connectivity index (χ1n) is 5.00. The molecule has 1 heterocycles. The molecule has 1 aromatic heterocycles. The third-order valence-electron chi connectivity index (χ3n) is 2.33. The maximum Gasteiger partial charge on any atom is 0.196 e. The van der Waals surface area contributed by atoms with Crippen molar-refractivity contribution < 1.29 is 4.79 Å². The number of aryl methyl sites for hydroxylation is 1. The summed E-state index contributed by atoms with van der Waals surface area (Å²) in [5, 5.41) is 0.430. The third kappa shape index (κ3) is 2.56. The molecule has 0 saturated heterocycles. The predicted octanol–water partition coefficient (Wildman–Crippen LogP) is 4.04. The molecular weight excluding hydrogens is 302 g/mol. The molecule has 86 valence electrons. The van der Waals surface area contributed by atoms with E-state index in [4.69, 9.17) is 11.6 Å². The van der Waals surface area contributed by atoms with Gasteiger partial charge < -0.3 is 0 Å². The van der Waals surface area contributed by atoms with Gasteiger partial charge in [0.15, 0.2) is 5.78 Å². The fraction of sp³-hybridized carbons (Fsp3) is 0.0769. The first kappa shape index (κ1) is 12.3. The van der Waals surface area contributed by atoms with Crippen LogP contribution in [0.25, 0.3) is 0 Å². The van der Waals surface area contributed by atoms with Gasteiger partial charge >= 0.3 is 0 Å². The van der Waals surface area contributed by atoms with Gasteiger partial charge in [-0.15, -0.1) is 0 Å². The smallest absolute Gasteiger partial charge is 0.196 e. The molecule has 0 fully saturated rings. The second kappa shape index (κ2) is 4.98. The molecule has 2 rings (SSSR count). The van der Waals surface area contributed by atoms with Crippen molar-refractivity contribution >= 4 is 33.3 Å². The molecule has 0 aliphatic rings. The SMILES string of the molecule is Cc1cncc(C(=O)c2cccc(Br)c2Cl)c1. The van der Waals surface area contributed by atoms with Gasteiger partial charge in [0.05, 0.1) is 5.02 Å². The summed E-state index contributed by atoms with van der Waals surface area (Å²) in [6.07, 6.45) is 3.26. The van der Waals surface area contributed by atoms with E-state index < -0.39 is 0 Å². The maximum absolute atomic E-state index is 12.2. The minimum atomic E-state index is -0.118. The van der Waals surface area contributed by atoms with Gasteiger partial charge in [-0.25, -0.2) is 0 Å². The molecule has 0 aliphatic heterocycles. The molecule has 1 aromatic carbocycles. The van der Waals surface area contributed by atoms with E-state index in [1.54, 1.807) is 36.7 Å². The van der Waals surface area contributed by atoms with Crippen LogP contribution in [-0.4, -0.2) is 10.8 Å². The number of halogens is 2. The lowest BCUT2D eigenvalue weighted by Crippen LogP contribution is -2.03. The van der Waals surface area contributed by atoms with Crippen molar-refractivity contribution in [2.45, 2.75) is 6.92 Å². The van der Waals surface area contributed by atoms with Gasteiger partial charge in [0.2, 0.25) is 0 Å². The number of hydrogen-bond acceptors (Lipinski definition) is 2. The van der Waals surface area contributed by atoms with E-state index in [0.717, 1.165) is 5.56 Å². The molecule has 2 nitrogen and oxygen atoms in total. The Kier molecular flexibility index (Phi) is 3.60. The van der Waals surface area contributed by atoms with E-state index in [1.165, 1.54) is 0 Å². The van der Waals surface area contributed by atoms with E-state index in [9.17, 15) is 4.79 Å². The van der Waals surface area contributed by atoms with Crippen LogP contribution in [0.2, 0.25) is 5.02 Å². The first-order valence-corrected chi connectivity index (χ1v) is 6.17. The summed E-state index contributed by atoms with van der Waals surface area (Å²) in [5.41, 5.74) is 1.97.